The van der Waals surface area contributed by atoms with Crippen LogP contribution in [-0.4, -0.2) is 52.7 Å². The van der Waals surface area contributed by atoms with Crippen molar-refractivity contribution in [2.24, 2.45) is 5.41 Å². The molecule has 136 valence electrons. The van der Waals surface area contributed by atoms with Gasteiger partial charge in [0.2, 0.25) is 5.91 Å². The molecule has 7 nitrogen and oxygen atoms in total. The van der Waals surface area contributed by atoms with Crippen LogP contribution in [0.4, 0.5) is 4.79 Å². The first kappa shape index (κ1) is 18.5. The third kappa shape index (κ3) is 4.39. The van der Waals surface area contributed by atoms with Gasteiger partial charge in [0.1, 0.15) is 18.2 Å². The summed E-state index contributed by atoms with van der Waals surface area (Å²) in [6.07, 6.45) is 4.24. The molecule has 0 unspecified atom stereocenters. The normalized spacial score (nSPS) is 23.1. The number of nitrogens with one attached hydrogen (secondary N) is 1. The first-order valence-corrected chi connectivity index (χ1v) is 8.70. The lowest BCUT2D eigenvalue weighted by molar-refractivity contribution is -0.150. The Morgan fingerprint density at radius 2 is 1.75 bits per heavy atom. The summed E-state index contributed by atoms with van der Waals surface area (Å²) in [4.78, 5) is 37.7. The van der Waals surface area contributed by atoms with Crippen LogP contribution < -0.4 is 5.32 Å². The number of carboxylic acid groups (broad SMARTS) is 1. The van der Waals surface area contributed by atoms with E-state index in [4.69, 9.17) is 4.74 Å². The van der Waals surface area contributed by atoms with Gasteiger partial charge in [0.25, 0.3) is 0 Å². The molecular formula is C17H28N2O5. The highest BCUT2D eigenvalue weighted by molar-refractivity contribution is 5.90. The van der Waals surface area contributed by atoms with Crippen molar-refractivity contribution >= 4 is 18.0 Å². The third-order valence-electron chi connectivity index (χ3n) is 4.77. The fraction of sp³-hybridized carbons (Fsp3) is 0.824. The second-order valence-electron chi connectivity index (χ2n) is 7.78. The van der Waals surface area contributed by atoms with Crippen molar-refractivity contribution in [2.75, 3.05) is 6.54 Å². The number of likely N-dealkylation sites (tertiary alicyclic amines) is 1. The highest BCUT2D eigenvalue weighted by atomic mass is 16.6. The van der Waals surface area contributed by atoms with E-state index in [1.54, 1.807) is 0 Å². The van der Waals surface area contributed by atoms with E-state index in [1.165, 1.54) is 4.90 Å². The van der Waals surface area contributed by atoms with Crippen molar-refractivity contribution in [1.29, 1.82) is 0 Å². The maximum atomic E-state index is 12.9. The number of nitrogens with zero attached hydrogens (tertiary/aromatic N) is 1. The maximum Gasteiger partial charge on any atom is 0.408 e. The number of rotatable bonds is 4. The van der Waals surface area contributed by atoms with Crippen molar-refractivity contribution in [2.45, 2.75) is 77.5 Å². The second kappa shape index (κ2) is 7.40. The molecule has 0 radical (unpaired) electrons. The highest BCUT2D eigenvalue weighted by Gasteiger charge is 2.42. The van der Waals surface area contributed by atoms with Gasteiger partial charge in [0, 0.05) is 6.54 Å². The SMILES string of the molecule is CC(C)(C)[C@H](NC(=O)OC1CCCC1)C(=O)N1CCC[C@H]1C(=O)O. The Kier molecular flexibility index (Phi) is 5.72. The first-order valence-electron chi connectivity index (χ1n) is 8.70. The van der Waals surface area contributed by atoms with Gasteiger partial charge in [-0.2, -0.15) is 0 Å². The van der Waals surface area contributed by atoms with Crippen molar-refractivity contribution in [3.63, 3.8) is 0 Å². The predicted molar refractivity (Wildman–Crippen MR) is 87.5 cm³/mol. The molecule has 2 N–H and O–H groups in total. The molecule has 0 aromatic rings. The lowest BCUT2D eigenvalue weighted by Gasteiger charge is -2.34. The van der Waals surface area contributed by atoms with Gasteiger partial charge in [-0.15, -0.1) is 0 Å². The fourth-order valence-corrected chi connectivity index (χ4v) is 3.41. The molecule has 7 heteroatoms. The summed E-state index contributed by atoms with van der Waals surface area (Å²) < 4.78 is 5.39. The number of hydrogen-bond donors (Lipinski definition) is 2. The summed E-state index contributed by atoms with van der Waals surface area (Å²) >= 11 is 0. The Morgan fingerprint density at radius 3 is 2.29 bits per heavy atom. The minimum absolute atomic E-state index is 0.0840. The molecule has 2 rings (SSSR count). The van der Waals surface area contributed by atoms with Gasteiger partial charge >= 0.3 is 12.1 Å². The number of aliphatic carboxylic acids is 1. The van der Waals surface area contributed by atoms with Crippen LogP contribution in [0, 0.1) is 5.41 Å². The van der Waals surface area contributed by atoms with Crippen LogP contribution in [0.3, 0.4) is 0 Å². The molecule has 1 saturated carbocycles. The molecule has 0 spiro atoms. The number of alkyl carbamates (subject to hydrolysis) is 1. The van der Waals surface area contributed by atoms with E-state index in [0.29, 0.717) is 19.4 Å². The highest BCUT2D eigenvalue weighted by Crippen LogP contribution is 2.26. The average molecular weight is 340 g/mol. The Morgan fingerprint density at radius 1 is 1.12 bits per heavy atom. The molecule has 1 saturated heterocycles. The quantitative estimate of drug-likeness (QED) is 0.817. The first-order chi connectivity index (χ1) is 11.2. The zero-order chi connectivity index (χ0) is 17.9. The van der Waals surface area contributed by atoms with Gasteiger partial charge in [0.15, 0.2) is 0 Å². The number of carboxylic acids is 1. The van der Waals surface area contributed by atoms with Crippen molar-refractivity contribution < 1.29 is 24.2 Å². The van der Waals surface area contributed by atoms with Crippen LogP contribution >= 0.6 is 0 Å². The maximum absolute atomic E-state index is 12.9. The zero-order valence-electron chi connectivity index (χ0n) is 14.7. The molecule has 1 aliphatic heterocycles. The van der Waals surface area contributed by atoms with Crippen molar-refractivity contribution in [3.05, 3.63) is 0 Å². The van der Waals surface area contributed by atoms with Crippen LogP contribution in [0.2, 0.25) is 0 Å². The molecular weight excluding hydrogens is 312 g/mol. The third-order valence-corrected chi connectivity index (χ3v) is 4.77. The number of carbonyl (C=O) groups excluding carboxylic acids is 2. The van der Waals surface area contributed by atoms with E-state index in [0.717, 1.165) is 25.7 Å². The van der Waals surface area contributed by atoms with Crippen LogP contribution in [0.25, 0.3) is 0 Å². The van der Waals surface area contributed by atoms with Gasteiger partial charge in [-0.05, 0) is 43.9 Å². The lowest BCUT2D eigenvalue weighted by atomic mass is 9.85. The summed E-state index contributed by atoms with van der Waals surface area (Å²) in [5.41, 5.74) is -0.544. The van der Waals surface area contributed by atoms with E-state index in [-0.39, 0.29) is 12.0 Å². The van der Waals surface area contributed by atoms with E-state index in [9.17, 15) is 19.5 Å². The van der Waals surface area contributed by atoms with Crippen molar-refractivity contribution in [3.8, 4) is 0 Å². The largest absolute Gasteiger partial charge is 0.480 e. The van der Waals surface area contributed by atoms with Crippen LogP contribution in [0.5, 0.6) is 0 Å². The molecule has 0 aromatic heterocycles. The summed E-state index contributed by atoms with van der Waals surface area (Å²) in [5, 5.41) is 12.0. The average Bonchev–Trinajstić information content (AvgIpc) is 3.13. The molecule has 2 amide bonds. The molecule has 0 bridgehead atoms. The van der Waals surface area contributed by atoms with Crippen LogP contribution in [-0.2, 0) is 14.3 Å². The van der Waals surface area contributed by atoms with Crippen LogP contribution in [0.15, 0.2) is 0 Å². The molecule has 24 heavy (non-hydrogen) atoms. The molecule has 1 aliphatic carbocycles. The number of amides is 2. The standard InChI is InChI=1S/C17H28N2O5/c1-17(2,3)13(18-16(23)24-11-7-4-5-8-11)14(20)19-10-6-9-12(19)15(21)22/h11-13H,4-10H2,1-3H3,(H,18,23)(H,21,22)/t12-,13+/m0/s1. The van der Waals surface area contributed by atoms with Gasteiger partial charge in [0.05, 0.1) is 0 Å². The Balaban J connectivity index is 2.05. The minimum atomic E-state index is -0.998. The van der Waals surface area contributed by atoms with Gasteiger partial charge in [-0.1, -0.05) is 20.8 Å². The van der Waals surface area contributed by atoms with Crippen molar-refractivity contribution in [1.82, 2.24) is 10.2 Å². The number of ether oxygens (including phenoxy) is 1. The minimum Gasteiger partial charge on any atom is -0.480 e. The Hall–Kier alpha value is -1.79. The predicted octanol–water partition coefficient (Wildman–Crippen LogP) is 2.15. The fourth-order valence-electron chi connectivity index (χ4n) is 3.41. The molecule has 2 atom stereocenters. The van der Waals surface area contributed by atoms with E-state index in [2.05, 4.69) is 5.32 Å². The smallest absolute Gasteiger partial charge is 0.408 e. The van der Waals surface area contributed by atoms with Gasteiger partial charge in [-0.25, -0.2) is 9.59 Å². The summed E-state index contributed by atoms with van der Waals surface area (Å²) in [6.45, 7) is 5.94. The monoisotopic (exact) mass is 340 g/mol. The van der Waals surface area contributed by atoms with Gasteiger partial charge < -0.3 is 20.1 Å². The van der Waals surface area contributed by atoms with Gasteiger partial charge in [-0.3, -0.25) is 4.79 Å². The summed E-state index contributed by atoms with van der Waals surface area (Å²) in [7, 11) is 0. The van der Waals surface area contributed by atoms with Crippen LogP contribution in [0.1, 0.15) is 59.3 Å². The molecule has 2 fully saturated rings. The zero-order valence-corrected chi connectivity index (χ0v) is 14.7. The second-order valence-corrected chi connectivity index (χ2v) is 7.78. The summed E-state index contributed by atoms with van der Waals surface area (Å²) in [5.74, 6) is -1.35. The van der Waals surface area contributed by atoms with E-state index >= 15 is 0 Å². The van der Waals surface area contributed by atoms with E-state index < -0.39 is 29.6 Å². The number of carbonyl (C=O) groups is 3. The Labute approximate surface area is 142 Å². The Bertz CT molecular complexity index is 494. The molecule has 2 aliphatic rings. The molecule has 1 heterocycles. The summed E-state index contributed by atoms with van der Waals surface area (Å²) in [6, 6.07) is -1.62. The lowest BCUT2D eigenvalue weighted by Crippen LogP contribution is -2.57. The van der Waals surface area contributed by atoms with E-state index in [1.807, 2.05) is 20.8 Å². The topological polar surface area (TPSA) is 95.9 Å². The number of hydrogen-bond acceptors (Lipinski definition) is 4. The molecule has 0 aromatic carbocycles.